The average Bonchev–Trinajstić information content (AvgIpc) is 3.09. The Hall–Kier alpha value is -3.05. The molecule has 4 nitrogen and oxygen atoms in total. The molecular formula is C20H16N4S. The van der Waals surface area contributed by atoms with E-state index in [0.29, 0.717) is 0 Å². The van der Waals surface area contributed by atoms with Crippen molar-refractivity contribution in [3.8, 4) is 11.3 Å². The van der Waals surface area contributed by atoms with Crippen LogP contribution in [-0.4, -0.2) is 22.9 Å². The minimum absolute atomic E-state index is 0.855. The lowest BCUT2D eigenvalue weighted by atomic mass is 10.0. The maximum Gasteiger partial charge on any atom is 0.205 e. The summed E-state index contributed by atoms with van der Waals surface area (Å²) in [5, 5.41) is 9.20. The van der Waals surface area contributed by atoms with Crippen molar-refractivity contribution in [2.75, 3.05) is 7.05 Å². The number of thiazole rings is 1. The molecule has 0 unspecified atom stereocenters. The molecule has 0 saturated carbocycles. The highest BCUT2D eigenvalue weighted by atomic mass is 32.1. The third-order valence-corrected chi connectivity index (χ3v) is 4.88. The van der Waals surface area contributed by atoms with Crippen molar-refractivity contribution in [3.63, 3.8) is 0 Å². The summed E-state index contributed by atoms with van der Waals surface area (Å²) in [6.45, 7) is 0. The van der Waals surface area contributed by atoms with Gasteiger partial charge in [-0.3, -0.25) is 9.98 Å². The smallest absolute Gasteiger partial charge is 0.205 e. The van der Waals surface area contributed by atoms with E-state index in [4.69, 9.17) is 0 Å². The normalized spacial score (nSPS) is 12.3. The van der Waals surface area contributed by atoms with Crippen LogP contribution in [0.25, 0.3) is 22.0 Å². The molecular weight excluding hydrogens is 328 g/mol. The van der Waals surface area contributed by atoms with Crippen molar-refractivity contribution in [2.45, 2.75) is 0 Å². The Morgan fingerprint density at radius 1 is 1.00 bits per heavy atom. The molecule has 2 aromatic carbocycles. The Balaban J connectivity index is 1.89. The van der Waals surface area contributed by atoms with Crippen LogP contribution in [0.15, 0.2) is 82.5 Å². The van der Waals surface area contributed by atoms with Gasteiger partial charge in [0.25, 0.3) is 0 Å². The standard InChI is InChI=1S/C20H16N4S/c1-21-20-24(23-13-15-9-11-22-12-10-15)19(14-25-20)18-8-4-6-16-5-2-3-7-17(16)18/h2-14H,1H3. The molecule has 2 aromatic heterocycles. The molecule has 0 fully saturated rings. The van der Waals surface area contributed by atoms with Gasteiger partial charge < -0.3 is 0 Å². The largest absolute Gasteiger partial charge is 0.265 e. The van der Waals surface area contributed by atoms with Gasteiger partial charge in [0.2, 0.25) is 4.80 Å². The Bertz CT molecular complexity index is 1100. The molecule has 0 spiro atoms. The Kier molecular flexibility index (Phi) is 4.23. The van der Waals surface area contributed by atoms with Crippen molar-refractivity contribution in [2.24, 2.45) is 10.1 Å². The first kappa shape index (κ1) is 15.5. The summed E-state index contributed by atoms with van der Waals surface area (Å²) in [6, 6.07) is 18.6. The van der Waals surface area contributed by atoms with Gasteiger partial charge in [-0.25, -0.2) is 4.68 Å². The number of hydrogen-bond acceptors (Lipinski definition) is 4. The Morgan fingerprint density at radius 3 is 2.64 bits per heavy atom. The quantitative estimate of drug-likeness (QED) is 0.514. The van der Waals surface area contributed by atoms with Crippen molar-refractivity contribution in [3.05, 3.63) is 82.7 Å². The number of hydrogen-bond donors (Lipinski definition) is 0. The monoisotopic (exact) mass is 344 g/mol. The second-order valence-electron chi connectivity index (χ2n) is 5.49. The first-order valence-electron chi connectivity index (χ1n) is 7.93. The zero-order valence-electron chi connectivity index (χ0n) is 13.7. The van der Waals surface area contributed by atoms with Crippen molar-refractivity contribution < 1.29 is 0 Å². The predicted molar refractivity (Wildman–Crippen MR) is 104 cm³/mol. The number of aromatic nitrogens is 2. The average molecular weight is 344 g/mol. The third kappa shape index (κ3) is 3.02. The van der Waals surface area contributed by atoms with E-state index in [-0.39, 0.29) is 0 Å². The zero-order valence-corrected chi connectivity index (χ0v) is 14.5. The van der Waals surface area contributed by atoms with Gasteiger partial charge in [0.1, 0.15) is 0 Å². The lowest BCUT2D eigenvalue weighted by Gasteiger charge is -2.07. The summed E-state index contributed by atoms with van der Waals surface area (Å²) < 4.78 is 1.90. The number of rotatable bonds is 3. The minimum Gasteiger partial charge on any atom is -0.265 e. The molecule has 0 atom stereocenters. The highest BCUT2D eigenvalue weighted by Crippen LogP contribution is 2.28. The summed E-state index contributed by atoms with van der Waals surface area (Å²) in [7, 11) is 1.79. The van der Waals surface area contributed by atoms with Crippen LogP contribution in [0.4, 0.5) is 0 Å². The lowest BCUT2D eigenvalue weighted by molar-refractivity contribution is 0.849. The topological polar surface area (TPSA) is 42.5 Å². The number of nitrogens with zero attached hydrogens (tertiary/aromatic N) is 4. The summed E-state index contributed by atoms with van der Waals surface area (Å²) in [6.07, 6.45) is 5.35. The summed E-state index contributed by atoms with van der Waals surface area (Å²) in [5.41, 5.74) is 3.18. The first-order valence-corrected chi connectivity index (χ1v) is 8.80. The summed E-state index contributed by atoms with van der Waals surface area (Å²) in [4.78, 5) is 9.26. The number of pyridine rings is 1. The Morgan fingerprint density at radius 2 is 1.80 bits per heavy atom. The molecule has 4 rings (SSSR count). The van der Waals surface area contributed by atoms with E-state index in [0.717, 1.165) is 21.6 Å². The van der Waals surface area contributed by atoms with Crippen LogP contribution in [-0.2, 0) is 0 Å². The van der Waals surface area contributed by atoms with Crippen LogP contribution in [0, 0.1) is 0 Å². The molecule has 0 aliphatic heterocycles. The van der Waals surface area contributed by atoms with Crippen LogP contribution in [0.2, 0.25) is 0 Å². The fourth-order valence-electron chi connectivity index (χ4n) is 2.77. The second kappa shape index (κ2) is 6.83. The molecule has 122 valence electrons. The van der Waals surface area contributed by atoms with Gasteiger partial charge in [-0.2, -0.15) is 5.10 Å². The molecule has 4 aromatic rings. The highest BCUT2D eigenvalue weighted by molar-refractivity contribution is 7.07. The molecule has 0 radical (unpaired) electrons. The van der Waals surface area contributed by atoms with Gasteiger partial charge in [0.05, 0.1) is 11.9 Å². The summed E-state index contributed by atoms with van der Waals surface area (Å²) >= 11 is 1.58. The van der Waals surface area contributed by atoms with Gasteiger partial charge in [-0.1, -0.05) is 42.5 Å². The molecule has 0 aliphatic carbocycles. The molecule has 0 bridgehead atoms. The van der Waals surface area contributed by atoms with E-state index in [1.807, 2.05) is 23.0 Å². The van der Waals surface area contributed by atoms with Gasteiger partial charge in [0.15, 0.2) is 0 Å². The predicted octanol–water partition coefficient (Wildman–Crippen LogP) is 4.18. The fourth-order valence-corrected chi connectivity index (χ4v) is 3.57. The van der Waals surface area contributed by atoms with Crippen molar-refractivity contribution >= 4 is 28.3 Å². The maximum atomic E-state index is 4.67. The van der Waals surface area contributed by atoms with E-state index in [2.05, 4.69) is 62.9 Å². The molecule has 25 heavy (non-hydrogen) atoms. The van der Waals surface area contributed by atoms with E-state index >= 15 is 0 Å². The molecule has 5 heteroatoms. The lowest BCUT2D eigenvalue weighted by Crippen LogP contribution is -2.11. The van der Waals surface area contributed by atoms with E-state index in [1.165, 1.54) is 10.8 Å². The molecule has 0 amide bonds. The van der Waals surface area contributed by atoms with Crippen LogP contribution < -0.4 is 4.80 Å². The van der Waals surface area contributed by atoms with E-state index in [9.17, 15) is 0 Å². The van der Waals surface area contributed by atoms with Gasteiger partial charge in [-0.05, 0) is 28.5 Å². The molecule has 0 saturated heterocycles. The van der Waals surface area contributed by atoms with Crippen molar-refractivity contribution in [1.82, 2.24) is 9.66 Å². The number of benzene rings is 2. The van der Waals surface area contributed by atoms with E-state index in [1.54, 1.807) is 30.8 Å². The third-order valence-electron chi connectivity index (χ3n) is 3.97. The summed E-state index contributed by atoms with van der Waals surface area (Å²) in [5.74, 6) is 0. The number of fused-ring (bicyclic) bond motifs is 1. The molecule has 0 aliphatic rings. The Labute approximate surface area is 149 Å². The highest BCUT2D eigenvalue weighted by Gasteiger charge is 2.10. The minimum atomic E-state index is 0.855. The maximum absolute atomic E-state index is 4.67. The van der Waals surface area contributed by atoms with Gasteiger partial charge in [0, 0.05) is 30.4 Å². The molecule has 0 N–H and O–H groups in total. The molecule has 2 heterocycles. The van der Waals surface area contributed by atoms with Crippen LogP contribution in [0.5, 0.6) is 0 Å². The van der Waals surface area contributed by atoms with Crippen molar-refractivity contribution in [1.29, 1.82) is 0 Å². The SMILES string of the molecule is CN=c1scc(-c2cccc3ccccc23)n1N=Cc1ccncc1. The van der Waals surface area contributed by atoms with Gasteiger partial charge in [-0.15, -0.1) is 11.3 Å². The fraction of sp³-hybridized carbons (Fsp3) is 0.0500. The second-order valence-corrected chi connectivity index (χ2v) is 6.33. The van der Waals surface area contributed by atoms with E-state index < -0.39 is 0 Å². The van der Waals surface area contributed by atoms with Gasteiger partial charge >= 0.3 is 0 Å². The first-order chi connectivity index (χ1) is 12.4. The zero-order chi connectivity index (χ0) is 17.1. The van der Waals surface area contributed by atoms with Crippen LogP contribution in [0.3, 0.4) is 0 Å². The van der Waals surface area contributed by atoms with Crippen LogP contribution >= 0.6 is 11.3 Å². The van der Waals surface area contributed by atoms with Crippen LogP contribution in [0.1, 0.15) is 5.56 Å².